The highest BCUT2D eigenvalue weighted by molar-refractivity contribution is 7.80. The van der Waals surface area contributed by atoms with Gasteiger partial charge in [0.25, 0.3) is 0 Å². The summed E-state index contributed by atoms with van der Waals surface area (Å²) in [5.41, 5.74) is 8.13. The van der Waals surface area contributed by atoms with Gasteiger partial charge in [-0.3, -0.25) is 4.90 Å². The standard InChI is InChI=1S/C14H19N3OS/c1-16(2)13(14(15)19)11-8-17(3)12-6-5-9(18-4)7-10(11)12/h5-8,13H,1-4H3,(H2,15,19). The van der Waals surface area contributed by atoms with Crippen LogP contribution in [0.25, 0.3) is 10.9 Å². The van der Waals surface area contributed by atoms with Crippen LogP contribution in [0.15, 0.2) is 24.4 Å². The average molecular weight is 277 g/mol. The van der Waals surface area contributed by atoms with Gasteiger partial charge < -0.3 is 15.0 Å². The molecule has 1 atom stereocenters. The summed E-state index contributed by atoms with van der Waals surface area (Å²) in [5.74, 6) is 0.834. The molecule has 0 aliphatic carbocycles. The van der Waals surface area contributed by atoms with Gasteiger partial charge in [-0.15, -0.1) is 0 Å². The lowest BCUT2D eigenvalue weighted by molar-refractivity contribution is 0.372. The number of thiocarbonyl (C=S) groups is 1. The number of likely N-dealkylation sites (N-methyl/N-ethyl adjacent to an activating group) is 1. The van der Waals surface area contributed by atoms with Crippen molar-refractivity contribution in [2.75, 3.05) is 21.2 Å². The van der Waals surface area contributed by atoms with E-state index in [-0.39, 0.29) is 6.04 Å². The van der Waals surface area contributed by atoms with Crippen molar-refractivity contribution in [2.45, 2.75) is 6.04 Å². The molecule has 0 saturated heterocycles. The fourth-order valence-corrected chi connectivity index (χ4v) is 2.77. The number of nitrogens with two attached hydrogens (primary N) is 1. The Morgan fingerprint density at radius 3 is 2.63 bits per heavy atom. The quantitative estimate of drug-likeness (QED) is 0.869. The molecule has 1 heterocycles. The van der Waals surface area contributed by atoms with Crippen LogP contribution in [0.1, 0.15) is 11.6 Å². The number of ether oxygens (including phenoxy) is 1. The highest BCUT2D eigenvalue weighted by Crippen LogP contribution is 2.31. The first-order valence-electron chi connectivity index (χ1n) is 6.04. The number of benzene rings is 1. The Labute approximate surface area is 118 Å². The molecule has 102 valence electrons. The van der Waals surface area contributed by atoms with Crippen molar-refractivity contribution in [3.05, 3.63) is 30.0 Å². The Balaban J connectivity index is 2.68. The van der Waals surface area contributed by atoms with E-state index in [1.54, 1.807) is 7.11 Å². The second-order valence-electron chi connectivity index (χ2n) is 4.85. The molecule has 5 heteroatoms. The van der Waals surface area contributed by atoms with Gasteiger partial charge >= 0.3 is 0 Å². The van der Waals surface area contributed by atoms with Gasteiger partial charge in [-0.2, -0.15) is 0 Å². The molecule has 0 saturated carbocycles. The Bertz CT molecular complexity index is 618. The van der Waals surface area contributed by atoms with Crippen molar-refractivity contribution in [2.24, 2.45) is 12.8 Å². The van der Waals surface area contributed by atoms with Gasteiger partial charge in [-0.25, -0.2) is 0 Å². The lowest BCUT2D eigenvalue weighted by Gasteiger charge is -2.22. The summed E-state index contributed by atoms with van der Waals surface area (Å²) in [6.45, 7) is 0. The molecule has 19 heavy (non-hydrogen) atoms. The third-order valence-electron chi connectivity index (χ3n) is 3.31. The van der Waals surface area contributed by atoms with Crippen LogP contribution in [0.4, 0.5) is 0 Å². The maximum Gasteiger partial charge on any atom is 0.119 e. The maximum atomic E-state index is 5.89. The molecule has 1 unspecified atom stereocenters. The van der Waals surface area contributed by atoms with Crippen molar-refractivity contribution in [3.8, 4) is 5.75 Å². The zero-order valence-corrected chi connectivity index (χ0v) is 12.5. The largest absolute Gasteiger partial charge is 0.497 e. The second-order valence-corrected chi connectivity index (χ2v) is 5.32. The van der Waals surface area contributed by atoms with Gasteiger partial charge in [0.05, 0.1) is 18.1 Å². The minimum atomic E-state index is -0.0780. The molecule has 0 spiro atoms. The third-order valence-corrected chi connectivity index (χ3v) is 3.53. The van der Waals surface area contributed by atoms with Crippen molar-refractivity contribution < 1.29 is 4.74 Å². The number of nitrogens with zero attached hydrogens (tertiary/aromatic N) is 2. The summed E-state index contributed by atoms with van der Waals surface area (Å²) >= 11 is 5.20. The monoisotopic (exact) mass is 277 g/mol. The fourth-order valence-electron chi connectivity index (χ4n) is 2.43. The molecular weight excluding hydrogens is 258 g/mol. The number of aryl methyl sites for hydroxylation is 1. The van der Waals surface area contributed by atoms with E-state index in [0.717, 1.165) is 22.2 Å². The SMILES string of the molecule is COc1ccc2c(c1)c(C(C(N)=S)N(C)C)cn2C. The van der Waals surface area contributed by atoms with Gasteiger partial charge in [0.2, 0.25) is 0 Å². The van der Waals surface area contributed by atoms with Crippen LogP contribution < -0.4 is 10.5 Å². The topological polar surface area (TPSA) is 43.4 Å². The summed E-state index contributed by atoms with van der Waals surface area (Å²) in [7, 11) is 7.64. The van der Waals surface area contributed by atoms with E-state index in [1.807, 2.05) is 44.2 Å². The molecule has 0 bridgehead atoms. The zero-order valence-electron chi connectivity index (χ0n) is 11.7. The van der Waals surface area contributed by atoms with Crippen molar-refractivity contribution in [1.29, 1.82) is 0 Å². The molecule has 0 amide bonds. The molecule has 0 aliphatic heterocycles. The Kier molecular flexibility index (Phi) is 3.78. The minimum Gasteiger partial charge on any atom is -0.497 e. The van der Waals surface area contributed by atoms with Crippen LogP contribution in [0.5, 0.6) is 5.75 Å². The summed E-state index contributed by atoms with van der Waals surface area (Å²) in [4.78, 5) is 2.50. The summed E-state index contributed by atoms with van der Waals surface area (Å²) < 4.78 is 7.38. The lowest BCUT2D eigenvalue weighted by Crippen LogP contribution is -2.31. The predicted octanol–water partition coefficient (Wildman–Crippen LogP) is 2.08. The summed E-state index contributed by atoms with van der Waals surface area (Å²) in [6.07, 6.45) is 2.08. The fraction of sp³-hybridized carbons (Fsp3) is 0.357. The molecule has 0 fully saturated rings. The van der Waals surface area contributed by atoms with Crippen LogP contribution in [0.3, 0.4) is 0 Å². The predicted molar refractivity (Wildman–Crippen MR) is 82.7 cm³/mol. The Morgan fingerprint density at radius 1 is 1.42 bits per heavy atom. The number of aromatic nitrogens is 1. The Morgan fingerprint density at radius 2 is 2.11 bits per heavy atom. The molecule has 4 nitrogen and oxygen atoms in total. The van der Waals surface area contributed by atoms with Crippen LogP contribution in [0, 0.1) is 0 Å². The van der Waals surface area contributed by atoms with E-state index in [0.29, 0.717) is 4.99 Å². The number of hydrogen-bond donors (Lipinski definition) is 1. The lowest BCUT2D eigenvalue weighted by atomic mass is 10.0. The molecule has 2 N–H and O–H groups in total. The van der Waals surface area contributed by atoms with Gasteiger partial charge in [-0.05, 0) is 32.3 Å². The number of hydrogen-bond acceptors (Lipinski definition) is 3. The maximum absolute atomic E-state index is 5.89. The smallest absolute Gasteiger partial charge is 0.119 e. The van der Waals surface area contributed by atoms with Crippen molar-refractivity contribution >= 4 is 28.1 Å². The third kappa shape index (κ3) is 2.43. The highest BCUT2D eigenvalue weighted by atomic mass is 32.1. The number of rotatable bonds is 4. The molecule has 1 aromatic carbocycles. The van der Waals surface area contributed by atoms with E-state index in [2.05, 4.69) is 10.8 Å². The number of fused-ring (bicyclic) bond motifs is 1. The first kappa shape index (κ1) is 13.8. The van der Waals surface area contributed by atoms with Crippen molar-refractivity contribution in [3.63, 3.8) is 0 Å². The zero-order chi connectivity index (χ0) is 14.2. The second kappa shape index (κ2) is 5.19. The minimum absolute atomic E-state index is 0.0780. The Hall–Kier alpha value is -1.59. The van der Waals surface area contributed by atoms with Crippen LogP contribution in [-0.2, 0) is 7.05 Å². The van der Waals surface area contributed by atoms with Crippen molar-refractivity contribution in [1.82, 2.24) is 9.47 Å². The van der Waals surface area contributed by atoms with Gasteiger partial charge in [0.15, 0.2) is 0 Å². The average Bonchev–Trinajstić information content (AvgIpc) is 2.65. The van der Waals surface area contributed by atoms with Crippen LogP contribution in [-0.4, -0.2) is 35.7 Å². The van der Waals surface area contributed by atoms with E-state index < -0.39 is 0 Å². The highest BCUT2D eigenvalue weighted by Gasteiger charge is 2.21. The first-order valence-corrected chi connectivity index (χ1v) is 6.45. The van der Waals surface area contributed by atoms with E-state index in [4.69, 9.17) is 22.7 Å². The van der Waals surface area contributed by atoms with Gasteiger partial charge in [0.1, 0.15) is 5.75 Å². The van der Waals surface area contributed by atoms with E-state index >= 15 is 0 Å². The number of methoxy groups -OCH3 is 1. The van der Waals surface area contributed by atoms with Crippen LogP contribution in [0.2, 0.25) is 0 Å². The molecule has 2 rings (SSSR count). The summed E-state index contributed by atoms with van der Waals surface area (Å²) in [5, 5.41) is 1.12. The molecule has 0 aliphatic rings. The molecule has 2 aromatic rings. The molecule has 1 aromatic heterocycles. The summed E-state index contributed by atoms with van der Waals surface area (Å²) in [6, 6.07) is 5.95. The molecular formula is C14H19N3OS. The first-order chi connectivity index (χ1) is 8.95. The van der Waals surface area contributed by atoms with Gasteiger partial charge in [0, 0.05) is 29.7 Å². The van der Waals surface area contributed by atoms with E-state index in [9.17, 15) is 0 Å². The van der Waals surface area contributed by atoms with Gasteiger partial charge in [-0.1, -0.05) is 12.2 Å². The van der Waals surface area contributed by atoms with E-state index in [1.165, 1.54) is 0 Å². The van der Waals surface area contributed by atoms with Crippen LogP contribution >= 0.6 is 12.2 Å². The molecule has 0 radical (unpaired) electrons. The normalized spacial score (nSPS) is 12.9.